The molecule has 1 aromatic carbocycles. The first kappa shape index (κ1) is 48.1. The fraction of sp³-hybridized carbons (Fsp3) is 0.545. The molecule has 8 atom stereocenters. The first-order valence-corrected chi connectivity index (χ1v) is 17.3. The molecule has 0 aromatic heterocycles. The Morgan fingerprint density at radius 1 is 0.679 bits per heavy atom. The smallest absolute Gasteiger partial charge is 0.328 e. The summed E-state index contributed by atoms with van der Waals surface area (Å²) < 4.78 is 0. The Kier molecular flexibility index (Phi) is 21.0. The molecule has 0 spiro atoms. The average Bonchev–Trinajstić information content (AvgIpc) is 3.13. The van der Waals surface area contributed by atoms with Crippen LogP contribution in [0.4, 0.5) is 0 Å². The number of hydrogen-bond acceptors (Lipinski definition) is 13. The molecule has 0 heterocycles. The highest BCUT2D eigenvalue weighted by molar-refractivity contribution is 5.97. The van der Waals surface area contributed by atoms with E-state index < -0.39 is 122 Å². The van der Waals surface area contributed by atoms with E-state index >= 15 is 0 Å². The number of aliphatic hydroxyl groups excluding tert-OH is 3. The van der Waals surface area contributed by atoms with Gasteiger partial charge in [0.1, 0.15) is 36.3 Å². The summed E-state index contributed by atoms with van der Waals surface area (Å²) in [7, 11) is 0. The predicted molar refractivity (Wildman–Crippen MR) is 196 cm³/mol. The second kappa shape index (κ2) is 24.5. The summed E-state index contributed by atoms with van der Waals surface area (Å²) >= 11 is 0. The molecular formula is C33H52N10O13. The van der Waals surface area contributed by atoms with E-state index in [1.807, 2.05) is 5.32 Å². The number of nitrogens with one attached hydrogen (secondary N) is 6. The number of hydrogen-bond donors (Lipinski definition) is 14. The van der Waals surface area contributed by atoms with Gasteiger partial charge in [-0.25, -0.2) is 4.79 Å². The maximum absolute atomic E-state index is 13.4. The zero-order chi connectivity index (χ0) is 42.5. The lowest BCUT2D eigenvalue weighted by atomic mass is 10.1. The van der Waals surface area contributed by atoms with Crippen molar-refractivity contribution < 1.29 is 63.9 Å². The summed E-state index contributed by atoms with van der Waals surface area (Å²) in [6.45, 7) is 0.332. The molecule has 17 N–H and O–H groups in total. The van der Waals surface area contributed by atoms with E-state index in [1.54, 1.807) is 30.3 Å². The molecule has 0 saturated carbocycles. The molecular weight excluding hydrogens is 744 g/mol. The number of aliphatic hydroxyl groups is 3. The number of carbonyl (C=O) groups excluding carboxylic acids is 6. The van der Waals surface area contributed by atoms with Crippen LogP contribution in [-0.2, 0) is 44.8 Å². The van der Waals surface area contributed by atoms with E-state index in [4.69, 9.17) is 22.3 Å². The molecule has 0 aliphatic carbocycles. The number of guanidine groups is 1. The quantitative estimate of drug-likeness (QED) is 0.0249. The van der Waals surface area contributed by atoms with Crippen molar-refractivity contribution >= 4 is 53.3 Å². The van der Waals surface area contributed by atoms with Gasteiger partial charge in [-0.2, -0.15) is 0 Å². The first-order chi connectivity index (χ1) is 26.3. The molecule has 23 heteroatoms. The maximum atomic E-state index is 13.4. The Hall–Kier alpha value is -5.91. The number of aliphatic carboxylic acids is 2. The lowest BCUT2D eigenvalue weighted by Gasteiger charge is -2.28. The molecule has 0 fully saturated rings. The number of nitrogens with zero attached hydrogens (tertiary/aromatic N) is 1. The Morgan fingerprint density at radius 3 is 1.71 bits per heavy atom. The van der Waals surface area contributed by atoms with Crippen LogP contribution in [0.15, 0.2) is 35.3 Å². The highest BCUT2D eigenvalue weighted by atomic mass is 16.4. The zero-order valence-electron chi connectivity index (χ0n) is 30.8. The number of carboxylic acids is 2. The summed E-state index contributed by atoms with van der Waals surface area (Å²) in [5.41, 5.74) is 17.4. The monoisotopic (exact) mass is 796 g/mol. The minimum absolute atomic E-state index is 0.0318. The van der Waals surface area contributed by atoms with Crippen LogP contribution in [0, 0.1) is 0 Å². The molecule has 0 bridgehead atoms. The maximum Gasteiger partial charge on any atom is 0.328 e. The van der Waals surface area contributed by atoms with E-state index in [0.717, 1.165) is 12.5 Å². The van der Waals surface area contributed by atoms with Crippen LogP contribution in [-0.4, -0.2) is 147 Å². The van der Waals surface area contributed by atoms with Gasteiger partial charge >= 0.3 is 11.9 Å². The summed E-state index contributed by atoms with van der Waals surface area (Å²) in [5, 5.41) is 61.3. The topological polar surface area (TPSA) is 400 Å². The van der Waals surface area contributed by atoms with Gasteiger partial charge in [0.05, 0.1) is 25.4 Å². The van der Waals surface area contributed by atoms with Crippen LogP contribution in [0.3, 0.4) is 0 Å². The van der Waals surface area contributed by atoms with Crippen molar-refractivity contribution in [1.29, 1.82) is 0 Å². The van der Waals surface area contributed by atoms with E-state index in [-0.39, 0.29) is 31.8 Å². The van der Waals surface area contributed by atoms with Crippen LogP contribution < -0.4 is 49.1 Å². The van der Waals surface area contributed by atoms with Gasteiger partial charge in [-0.1, -0.05) is 30.3 Å². The summed E-state index contributed by atoms with van der Waals surface area (Å²) in [4.78, 5) is 105. The van der Waals surface area contributed by atoms with E-state index in [1.165, 1.54) is 6.92 Å². The minimum Gasteiger partial charge on any atom is -0.481 e. The third-order valence-corrected chi connectivity index (χ3v) is 7.92. The van der Waals surface area contributed by atoms with Gasteiger partial charge in [-0.3, -0.25) is 38.6 Å². The van der Waals surface area contributed by atoms with Gasteiger partial charge in [-0.05, 0) is 45.1 Å². The van der Waals surface area contributed by atoms with E-state index in [2.05, 4.69) is 31.6 Å². The molecule has 0 aliphatic heterocycles. The van der Waals surface area contributed by atoms with Gasteiger partial charge in [-0.15, -0.1) is 0 Å². The molecule has 23 nitrogen and oxygen atoms in total. The van der Waals surface area contributed by atoms with Crippen molar-refractivity contribution in [2.75, 3.05) is 19.8 Å². The first-order valence-electron chi connectivity index (χ1n) is 17.3. The van der Waals surface area contributed by atoms with Crippen LogP contribution >= 0.6 is 0 Å². The lowest BCUT2D eigenvalue weighted by molar-refractivity contribution is -0.144. The van der Waals surface area contributed by atoms with Gasteiger partial charge in [0.25, 0.3) is 0 Å². The molecule has 312 valence electrons. The predicted octanol–water partition coefficient (Wildman–Crippen LogP) is -6.15. The van der Waals surface area contributed by atoms with Crippen molar-refractivity contribution in [2.24, 2.45) is 22.2 Å². The number of benzene rings is 1. The van der Waals surface area contributed by atoms with E-state index in [0.29, 0.717) is 0 Å². The molecule has 0 unspecified atom stereocenters. The summed E-state index contributed by atoms with van der Waals surface area (Å²) in [5.74, 6) is -9.43. The van der Waals surface area contributed by atoms with Crippen molar-refractivity contribution in [3.63, 3.8) is 0 Å². The number of carboxylic acid groups (broad SMARTS) is 2. The normalized spacial score (nSPS) is 15.1. The van der Waals surface area contributed by atoms with Gasteiger partial charge in [0.15, 0.2) is 5.96 Å². The fourth-order valence-corrected chi connectivity index (χ4v) is 4.80. The summed E-state index contributed by atoms with van der Waals surface area (Å²) in [6, 6.07) is -1.95. The van der Waals surface area contributed by atoms with Gasteiger partial charge in [0, 0.05) is 13.0 Å². The largest absolute Gasteiger partial charge is 0.481 e. The third kappa shape index (κ3) is 17.5. The Morgan fingerprint density at radius 2 is 1.20 bits per heavy atom. The van der Waals surface area contributed by atoms with Crippen molar-refractivity contribution in [3.8, 4) is 0 Å². The highest BCUT2D eigenvalue weighted by Crippen LogP contribution is 2.07. The van der Waals surface area contributed by atoms with Crippen LogP contribution in [0.25, 0.3) is 0 Å². The SMILES string of the molecule is C[C@H](NC(=O)[C@@H](N)Cc1ccccc1)C(=O)N[C@@H](CO)C(=O)N[C@H](C(=O)N[C@@H](CCCN=C(N)N)C(=O)N[C@@H](CCC(=O)O)C(=O)N[C@@H](CO)C(=O)O)[C@@H](C)O. The lowest BCUT2D eigenvalue weighted by Crippen LogP contribution is -2.62. The summed E-state index contributed by atoms with van der Waals surface area (Å²) in [6.07, 6.45) is -2.88. The van der Waals surface area contributed by atoms with Crippen LogP contribution in [0.2, 0.25) is 0 Å². The van der Waals surface area contributed by atoms with Gasteiger partial charge < -0.3 is 74.6 Å². The molecule has 6 amide bonds. The van der Waals surface area contributed by atoms with E-state index in [9.17, 15) is 58.8 Å². The Bertz CT molecular complexity index is 1540. The second-order valence-electron chi connectivity index (χ2n) is 12.6. The molecule has 0 saturated heterocycles. The Labute approximate surface area is 321 Å². The average molecular weight is 797 g/mol. The van der Waals surface area contributed by atoms with Crippen LogP contribution in [0.5, 0.6) is 0 Å². The molecule has 0 aliphatic rings. The Balaban J connectivity index is 3.12. The number of rotatable bonds is 25. The molecule has 1 aromatic rings. The van der Waals surface area contributed by atoms with Gasteiger partial charge in [0.2, 0.25) is 35.4 Å². The second-order valence-corrected chi connectivity index (χ2v) is 12.6. The number of nitrogens with two attached hydrogens (primary N) is 3. The van der Waals surface area contributed by atoms with Crippen LogP contribution in [0.1, 0.15) is 45.1 Å². The standard InChI is InChI=1S/C33H52N10O13/c1-16(38-27(50)19(34)13-18-7-4-3-5-8-18)26(49)41-22(14-44)30(53)43-25(17(2)46)31(54)40-20(9-6-12-37-33(35)36)28(51)39-21(10-11-24(47)48)29(52)42-23(15-45)32(55)56/h3-5,7-8,16-17,19-23,25,44-46H,6,9-15,34H2,1-2H3,(H,38,50)(H,39,51)(H,40,54)(H,41,49)(H,42,52)(H,43,53)(H,47,48)(H,55,56)(H4,35,36,37)/t16-,17+,19-,20-,21-,22-,23-,25-/m0/s1. The number of amides is 6. The number of carbonyl (C=O) groups is 8. The van der Waals surface area contributed by atoms with Crippen molar-refractivity contribution in [2.45, 2.75) is 94.3 Å². The minimum atomic E-state index is -1.82. The molecule has 56 heavy (non-hydrogen) atoms. The highest BCUT2D eigenvalue weighted by Gasteiger charge is 2.34. The van der Waals surface area contributed by atoms with Crippen molar-refractivity contribution in [3.05, 3.63) is 35.9 Å². The third-order valence-electron chi connectivity index (χ3n) is 7.92. The van der Waals surface area contributed by atoms with Crippen molar-refractivity contribution in [1.82, 2.24) is 31.9 Å². The fourth-order valence-electron chi connectivity index (χ4n) is 4.80. The molecule has 1 rings (SSSR count). The zero-order valence-corrected chi connectivity index (χ0v) is 30.8. The molecule has 0 radical (unpaired) electrons. The number of aliphatic imine (C=N–C) groups is 1.